The summed E-state index contributed by atoms with van der Waals surface area (Å²) in [5.74, 6) is -0.973. The highest BCUT2D eigenvalue weighted by atomic mass is 16.2. The van der Waals surface area contributed by atoms with Gasteiger partial charge in [-0.1, -0.05) is 62.2 Å². The number of aryl methyl sites for hydroxylation is 1. The average molecular weight is 459 g/mol. The normalized spacial score (nSPS) is 28.0. The zero-order valence-electron chi connectivity index (χ0n) is 20.6. The maximum atomic E-state index is 13.9. The third-order valence-electron chi connectivity index (χ3n) is 8.27. The number of imide groups is 1. The number of fused-ring (bicyclic) bond motifs is 2. The number of carbonyl (C=O) groups excluding carboxylic acids is 3. The molecule has 2 aromatic carbocycles. The molecule has 3 unspecified atom stereocenters. The van der Waals surface area contributed by atoms with E-state index >= 15 is 0 Å². The SMILES string of the molecule is Cc1ccc2c(c1)N(C(=O)CN1C(=O)C3CCCCC3C1=O)C(C)(C)CC2(C)c1ccccc1. The van der Waals surface area contributed by atoms with Crippen LogP contribution in [0.4, 0.5) is 5.69 Å². The Kier molecular flexibility index (Phi) is 5.42. The molecule has 5 rings (SSSR count). The number of carbonyl (C=O) groups is 3. The van der Waals surface area contributed by atoms with Crippen LogP contribution in [0.1, 0.15) is 69.6 Å². The molecular formula is C29H34N2O3. The van der Waals surface area contributed by atoms with Crippen LogP contribution in [0, 0.1) is 18.8 Å². The first-order chi connectivity index (χ1) is 16.1. The molecule has 1 aliphatic carbocycles. The molecule has 2 aromatic rings. The maximum absolute atomic E-state index is 13.9. The van der Waals surface area contributed by atoms with Crippen molar-refractivity contribution in [2.45, 2.75) is 70.8 Å². The van der Waals surface area contributed by atoms with Crippen molar-refractivity contribution in [2.75, 3.05) is 11.4 Å². The molecule has 1 saturated heterocycles. The van der Waals surface area contributed by atoms with Crippen LogP contribution in [-0.4, -0.2) is 34.7 Å². The quantitative estimate of drug-likeness (QED) is 0.609. The zero-order chi connectivity index (χ0) is 24.3. The Morgan fingerprint density at radius 1 is 0.941 bits per heavy atom. The Morgan fingerprint density at radius 3 is 2.18 bits per heavy atom. The maximum Gasteiger partial charge on any atom is 0.247 e. The molecule has 3 aliphatic rings. The number of anilines is 1. The van der Waals surface area contributed by atoms with Gasteiger partial charge in [0.25, 0.3) is 0 Å². The summed E-state index contributed by atoms with van der Waals surface area (Å²) in [5, 5.41) is 0. The third kappa shape index (κ3) is 3.48. The summed E-state index contributed by atoms with van der Waals surface area (Å²) in [5.41, 5.74) is 3.51. The molecule has 178 valence electrons. The summed E-state index contributed by atoms with van der Waals surface area (Å²) in [7, 11) is 0. The summed E-state index contributed by atoms with van der Waals surface area (Å²) in [6.45, 7) is 8.28. The lowest BCUT2D eigenvalue weighted by molar-refractivity contribution is -0.143. The van der Waals surface area contributed by atoms with Crippen molar-refractivity contribution in [1.82, 2.24) is 4.90 Å². The second-order valence-corrected chi connectivity index (χ2v) is 11.2. The Balaban J connectivity index is 1.53. The smallest absolute Gasteiger partial charge is 0.247 e. The van der Waals surface area contributed by atoms with E-state index < -0.39 is 5.54 Å². The molecular weight excluding hydrogens is 424 g/mol. The lowest BCUT2D eigenvalue weighted by Crippen LogP contribution is -2.58. The van der Waals surface area contributed by atoms with E-state index in [0.717, 1.165) is 48.9 Å². The topological polar surface area (TPSA) is 57.7 Å². The number of amides is 3. The minimum atomic E-state index is -0.499. The minimum absolute atomic E-state index is 0.156. The number of benzene rings is 2. The van der Waals surface area contributed by atoms with Crippen LogP contribution in [-0.2, 0) is 19.8 Å². The first kappa shape index (κ1) is 22.8. The van der Waals surface area contributed by atoms with Gasteiger partial charge in [0.1, 0.15) is 6.54 Å². The zero-order valence-corrected chi connectivity index (χ0v) is 20.6. The fourth-order valence-corrected chi connectivity index (χ4v) is 6.79. The molecule has 2 heterocycles. The summed E-state index contributed by atoms with van der Waals surface area (Å²) < 4.78 is 0. The second-order valence-electron chi connectivity index (χ2n) is 11.2. The molecule has 0 N–H and O–H groups in total. The highest BCUT2D eigenvalue weighted by molar-refractivity contribution is 6.09. The summed E-state index contributed by atoms with van der Waals surface area (Å²) in [6.07, 6.45) is 4.20. The van der Waals surface area contributed by atoms with Crippen LogP contribution in [0.2, 0.25) is 0 Å². The van der Waals surface area contributed by atoms with E-state index in [1.807, 2.05) is 17.9 Å². The van der Waals surface area contributed by atoms with Crippen LogP contribution in [0.25, 0.3) is 0 Å². The number of likely N-dealkylation sites (tertiary alicyclic amines) is 1. The number of nitrogens with zero attached hydrogens (tertiary/aromatic N) is 2. The lowest BCUT2D eigenvalue weighted by atomic mass is 9.65. The molecule has 3 atom stereocenters. The Labute approximate surface area is 202 Å². The van der Waals surface area contributed by atoms with E-state index in [4.69, 9.17) is 0 Å². The summed E-state index contributed by atoms with van der Waals surface area (Å²) in [4.78, 5) is 43.1. The van der Waals surface area contributed by atoms with Gasteiger partial charge in [-0.25, -0.2) is 0 Å². The van der Waals surface area contributed by atoms with Crippen molar-refractivity contribution in [3.8, 4) is 0 Å². The van der Waals surface area contributed by atoms with Crippen molar-refractivity contribution < 1.29 is 14.4 Å². The first-order valence-electron chi connectivity index (χ1n) is 12.5. The molecule has 3 amide bonds. The Morgan fingerprint density at radius 2 is 1.56 bits per heavy atom. The first-order valence-corrected chi connectivity index (χ1v) is 12.5. The molecule has 5 nitrogen and oxygen atoms in total. The van der Waals surface area contributed by atoms with Gasteiger partial charge in [0.05, 0.1) is 11.8 Å². The van der Waals surface area contributed by atoms with Gasteiger partial charge in [-0.2, -0.15) is 0 Å². The number of rotatable bonds is 3. The largest absolute Gasteiger partial charge is 0.305 e. The Bertz CT molecular complexity index is 1130. The third-order valence-corrected chi connectivity index (χ3v) is 8.27. The van der Waals surface area contributed by atoms with Gasteiger partial charge in [-0.05, 0) is 62.8 Å². The predicted octanol–water partition coefficient (Wildman–Crippen LogP) is 4.99. The van der Waals surface area contributed by atoms with Crippen LogP contribution in [0.15, 0.2) is 48.5 Å². The predicted molar refractivity (Wildman–Crippen MR) is 132 cm³/mol. The lowest BCUT2D eigenvalue weighted by Gasteiger charge is -2.51. The van der Waals surface area contributed by atoms with E-state index in [9.17, 15) is 14.4 Å². The van der Waals surface area contributed by atoms with Gasteiger partial charge < -0.3 is 4.90 Å². The van der Waals surface area contributed by atoms with Gasteiger partial charge >= 0.3 is 0 Å². The minimum Gasteiger partial charge on any atom is -0.305 e. The van der Waals surface area contributed by atoms with E-state index in [0.29, 0.717) is 0 Å². The number of hydrogen-bond acceptors (Lipinski definition) is 3. The van der Waals surface area contributed by atoms with Crippen LogP contribution < -0.4 is 4.90 Å². The van der Waals surface area contributed by atoms with E-state index in [2.05, 4.69) is 63.2 Å². The van der Waals surface area contributed by atoms with Gasteiger partial charge in [0.15, 0.2) is 0 Å². The number of hydrogen-bond donors (Lipinski definition) is 0. The summed E-state index contributed by atoms with van der Waals surface area (Å²) in [6, 6.07) is 16.7. The molecule has 1 saturated carbocycles. The van der Waals surface area contributed by atoms with E-state index in [1.165, 1.54) is 10.5 Å². The van der Waals surface area contributed by atoms with Crippen molar-refractivity contribution >= 4 is 23.4 Å². The van der Waals surface area contributed by atoms with Crippen molar-refractivity contribution in [3.05, 3.63) is 65.2 Å². The van der Waals surface area contributed by atoms with Gasteiger partial charge in [-0.3, -0.25) is 19.3 Å². The average Bonchev–Trinajstić information content (AvgIpc) is 3.04. The van der Waals surface area contributed by atoms with Crippen molar-refractivity contribution in [3.63, 3.8) is 0 Å². The van der Waals surface area contributed by atoms with E-state index in [1.54, 1.807) is 0 Å². The van der Waals surface area contributed by atoms with Gasteiger partial charge in [0, 0.05) is 16.6 Å². The highest BCUT2D eigenvalue weighted by Crippen LogP contribution is 2.50. The monoisotopic (exact) mass is 458 g/mol. The van der Waals surface area contributed by atoms with Crippen molar-refractivity contribution in [2.24, 2.45) is 11.8 Å². The van der Waals surface area contributed by atoms with Crippen LogP contribution in [0.5, 0.6) is 0 Å². The molecule has 34 heavy (non-hydrogen) atoms. The highest BCUT2D eigenvalue weighted by Gasteiger charge is 2.51. The molecule has 2 fully saturated rings. The second kappa shape index (κ2) is 8.07. The van der Waals surface area contributed by atoms with Crippen LogP contribution in [0.3, 0.4) is 0 Å². The fourth-order valence-electron chi connectivity index (χ4n) is 6.79. The van der Waals surface area contributed by atoms with E-state index in [-0.39, 0.29) is 41.5 Å². The molecule has 0 bridgehead atoms. The molecule has 0 radical (unpaired) electrons. The molecule has 0 aromatic heterocycles. The fraction of sp³-hybridized carbons (Fsp3) is 0.483. The van der Waals surface area contributed by atoms with Crippen molar-refractivity contribution in [1.29, 1.82) is 0 Å². The molecule has 5 heteroatoms. The van der Waals surface area contributed by atoms with Gasteiger partial charge in [-0.15, -0.1) is 0 Å². The van der Waals surface area contributed by atoms with Gasteiger partial charge in [0.2, 0.25) is 17.7 Å². The standard InChI is InChI=1S/C29H34N2O3/c1-19-14-15-23-24(16-19)31(28(2,3)18-29(23,4)20-10-6-5-7-11-20)25(32)17-30-26(33)21-12-8-9-13-22(21)27(30)34/h5-7,10-11,14-16,21-22H,8-9,12-13,17-18H2,1-4H3. The summed E-state index contributed by atoms with van der Waals surface area (Å²) >= 11 is 0. The molecule has 0 spiro atoms. The Hall–Kier alpha value is -2.95. The van der Waals surface area contributed by atoms with Crippen LogP contribution >= 0.6 is 0 Å². The molecule has 2 aliphatic heterocycles.